The highest BCUT2D eigenvalue weighted by atomic mass is 16.5. The average molecular weight is 303 g/mol. The fourth-order valence-electron chi connectivity index (χ4n) is 2.51. The largest absolute Gasteiger partial charge is 0.496 e. The number of benzene rings is 3. The van der Waals surface area contributed by atoms with E-state index in [0.717, 1.165) is 27.8 Å². The number of ether oxygens (including phenoxy) is 1. The third-order valence-electron chi connectivity index (χ3n) is 3.76. The molecule has 3 aromatic carbocycles. The second kappa shape index (κ2) is 6.44. The van der Waals surface area contributed by atoms with E-state index in [4.69, 9.17) is 4.74 Å². The van der Waals surface area contributed by atoms with Crippen LogP contribution in [-0.4, -0.2) is 19.1 Å². The summed E-state index contributed by atoms with van der Waals surface area (Å²) in [6.07, 6.45) is 1.84. The highest BCUT2D eigenvalue weighted by Crippen LogP contribution is 2.27. The average Bonchev–Trinajstić information content (AvgIpc) is 2.60. The van der Waals surface area contributed by atoms with E-state index in [1.807, 2.05) is 48.7 Å². The number of hydrogen-bond acceptors (Lipinski definition) is 3. The molecule has 0 atom stereocenters. The highest BCUT2D eigenvalue weighted by molar-refractivity contribution is 6.03. The lowest BCUT2D eigenvalue weighted by Crippen LogP contribution is -1.90. The number of methoxy groups -OCH3 is 1. The number of carbonyl (C=O) groups excluding carboxylic acids is 1. The van der Waals surface area contributed by atoms with Crippen LogP contribution < -0.4 is 4.74 Å². The monoisotopic (exact) mass is 303 g/mol. The van der Waals surface area contributed by atoms with Crippen molar-refractivity contribution in [2.75, 3.05) is 7.11 Å². The van der Waals surface area contributed by atoms with Crippen molar-refractivity contribution in [1.82, 2.24) is 0 Å². The molecule has 114 valence electrons. The third kappa shape index (κ3) is 3.14. The van der Waals surface area contributed by atoms with Gasteiger partial charge in [0.25, 0.3) is 0 Å². The van der Waals surface area contributed by atoms with Gasteiger partial charge in [0.05, 0.1) is 12.8 Å². The molecule has 0 aliphatic carbocycles. The number of Topliss-reactive ketones (excluding diaryl/α,β-unsaturated/α-hetero) is 1. The zero-order valence-corrected chi connectivity index (χ0v) is 13.1. The Labute approximate surface area is 135 Å². The molecule has 0 aliphatic heterocycles. The molecule has 3 rings (SSSR count). The van der Waals surface area contributed by atoms with Gasteiger partial charge in [-0.25, -0.2) is 0 Å². The predicted octanol–water partition coefficient (Wildman–Crippen LogP) is 4.80. The normalized spacial score (nSPS) is 11.0. The Balaban J connectivity index is 1.96. The van der Waals surface area contributed by atoms with Crippen molar-refractivity contribution in [2.45, 2.75) is 6.92 Å². The summed E-state index contributed by atoms with van der Waals surface area (Å²) in [5.41, 5.74) is 2.53. The first-order chi connectivity index (χ1) is 11.2. The van der Waals surface area contributed by atoms with E-state index >= 15 is 0 Å². The Kier molecular flexibility index (Phi) is 4.20. The van der Waals surface area contributed by atoms with Gasteiger partial charge in [-0.3, -0.25) is 9.79 Å². The fourth-order valence-corrected chi connectivity index (χ4v) is 2.51. The summed E-state index contributed by atoms with van der Waals surface area (Å²) in [4.78, 5) is 15.8. The Hall–Kier alpha value is -2.94. The minimum Gasteiger partial charge on any atom is -0.496 e. The summed E-state index contributed by atoms with van der Waals surface area (Å²) >= 11 is 0. The van der Waals surface area contributed by atoms with Crippen LogP contribution in [0.25, 0.3) is 10.8 Å². The van der Waals surface area contributed by atoms with Crippen LogP contribution in [0.2, 0.25) is 0 Å². The topological polar surface area (TPSA) is 38.7 Å². The van der Waals surface area contributed by atoms with Crippen LogP contribution in [0, 0.1) is 0 Å². The van der Waals surface area contributed by atoms with Gasteiger partial charge < -0.3 is 4.74 Å². The molecule has 0 aromatic heterocycles. The lowest BCUT2D eigenvalue weighted by Gasteiger charge is -2.07. The molecule has 0 heterocycles. The Morgan fingerprint density at radius 1 is 0.957 bits per heavy atom. The molecule has 3 heteroatoms. The zero-order chi connectivity index (χ0) is 16.2. The Bertz CT molecular complexity index is 880. The van der Waals surface area contributed by atoms with E-state index in [9.17, 15) is 4.79 Å². The van der Waals surface area contributed by atoms with Gasteiger partial charge in [-0.2, -0.15) is 0 Å². The van der Waals surface area contributed by atoms with Crippen LogP contribution in [-0.2, 0) is 0 Å². The molecule has 3 aromatic rings. The number of rotatable bonds is 4. The first-order valence-corrected chi connectivity index (χ1v) is 7.40. The van der Waals surface area contributed by atoms with Crippen molar-refractivity contribution in [3.8, 4) is 5.75 Å². The lowest BCUT2D eigenvalue weighted by atomic mass is 10.0. The van der Waals surface area contributed by atoms with Crippen LogP contribution >= 0.6 is 0 Å². The van der Waals surface area contributed by atoms with Crippen molar-refractivity contribution in [2.24, 2.45) is 4.99 Å². The molecule has 0 N–H and O–H groups in total. The molecular formula is C20H17NO2. The molecule has 0 saturated carbocycles. The van der Waals surface area contributed by atoms with Crippen molar-refractivity contribution in [1.29, 1.82) is 0 Å². The summed E-state index contributed by atoms with van der Waals surface area (Å²) in [6, 6.07) is 19.3. The molecule has 0 radical (unpaired) electrons. The van der Waals surface area contributed by atoms with E-state index in [-0.39, 0.29) is 5.78 Å². The predicted molar refractivity (Wildman–Crippen MR) is 94.2 cm³/mol. The van der Waals surface area contributed by atoms with E-state index in [1.54, 1.807) is 26.2 Å². The lowest BCUT2D eigenvalue weighted by molar-refractivity contribution is 0.101. The zero-order valence-electron chi connectivity index (χ0n) is 13.1. The number of hydrogen-bond donors (Lipinski definition) is 0. The molecule has 3 nitrogen and oxygen atoms in total. The fraction of sp³-hybridized carbons (Fsp3) is 0.100. The van der Waals surface area contributed by atoms with Crippen LogP contribution in [0.5, 0.6) is 5.75 Å². The second-order valence-corrected chi connectivity index (χ2v) is 5.26. The molecule has 0 unspecified atom stereocenters. The molecule has 0 saturated heterocycles. The summed E-state index contributed by atoms with van der Waals surface area (Å²) < 4.78 is 5.40. The smallest absolute Gasteiger partial charge is 0.159 e. The van der Waals surface area contributed by atoms with Gasteiger partial charge in [0.1, 0.15) is 5.75 Å². The third-order valence-corrected chi connectivity index (χ3v) is 3.76. The van der Waals surface area contributed by atoms with E-state index in [2.05, 4.69) is 11.1 Å². The molecular weight excluding hydrogens is 286 g/mol. The van der Waals surface area contributed by atoms with E-state index in [0.29, 0.717) is 5.56 Å². The maximum Gasteiger partial charge on any atom is 0.159 e. The summed E-state index contributed by atoms with van der Waals surface area (Å²) in [6.45, 7) is 1.56. The van der Waals surface area contributed by atoms with E-state index in [1.165, 1.54) is 0 Å². The van der Waals surface area contributed by atoms with Crippen LogP contribution in [0.1, 0.15) is 22.8 Å². The van der Waals surface area contributed by atoms with Crippen molar-refractivity contribution in [3.63, 3.8) is 0 Å². The first-order valence-electron chi connectivity index (χ1n) is 7.40. The molecule has 0 amide bonds. The quantitative estimate of drug-likeness (QED) is 0.513. The minimum atomic E-state index is 0.0571. The van der Waals surface area contributed by atoms with Crippen LogP contribution in [0.3, 0.4) is 0 Å². The van der Waals surface area contributed by atoms with Gasteiger partial charge >= 0.3 is 0 Å². The highest BCUT2D eigenvalue weighted by Gasteiger charge is 2.04. The van der Waals surface area contributed by atoms with Crippen molar-refractivity contribution < 1.29 is 9.53 Å². The number of carbonyl (C=O) groups is 1. The first kappa shape index (κ1) is 15.0. The second-order valence-electron chi connectivity index (χ2n) is 5.26. The summed E-state index contributed by atoms with van der Waals surface area (Å²) in [5, 5.41) is 2.15. The number of ketones is 1. The molecule has 0 fully saturated rings. The molecule has 0 spiro atoms. The summed E-state index contributed by atoms with van der Waals surface area (Å²) in [5.74, 6) is 0.908. The Morgan fingerprint density at radius 2 is 1.65 bits per heavy atom. The molecule has 0 aliphatic rings. The van der Waals surface area contributed by atoms with Gasteiger partial charge in [-0.05, 0) is 48.7 Å². The van der Waals surface area contributed by atoms with Gasteiger partial charge in [0, 0.05) is 22.7 Å². The van der Waals surface area contributed by atoms with Gasteiger partial charge in [-0.15, -0.1) is 0 Å². The van der Waals surface area contributed by atoms with Gasteiger partial charge in [0.15, 0.2) is 5.78 Å². The van der Waals surface area contributed by atoms with Gasteiger partial charge in [-0.1, -0.05) is 24.3 Å². The van der Waals surface area contributed by atoms with Crippen LogP contribution in [0.15, 0.2) is 65.7 Å². The molecule has 0 bridgehead atoms. The minimum absolute atomic E-state index is 0.0571. The van der Waals surface area contributed by atoms with E-state index < -0.39 is 0 Å². The maximum absolute atomic E-state index is 11.3. The van der Waals surface area contributed by atoms with Gasteiger partial charge in [0.2, 0.25) is 0 Å². The number of aliphatic imine (C=N–C) groups is 1. The van der Waals surface area contributed by atoms with Crippen molar-refractivity contribution >= 4 is 28.5 Å². The number of nitrogens with zero attached hydrogens (tertiary/aromatic N) is 1. The standard InChI is InChI=1S/C20H17NO2/c1-14(22)15-7-10-17(11-8-15)21-13-16-9-12-20(23-2)19-6-4-3-5-18(16)19/h3-13H,1-2H3. The van der Waals surface area contributed by atoms with Crippen molar-refractivity contribution in [3.05, 3.63) is 71.8 Å². The maximum atomic E-state index is 11.3. The number of fused-ring (bicyclic) bond motifs is 1. The molecule has 23 heavy (non-hydrogen) atoms. The van der Waals surface area contributed by atoms with Crippen LogP contribution in [0.4, 0.5) is 5.69 Å². The Morgan fingerprint density at radius 3 is 2.30 bits per heavy atom. The SMILES string of the molecule is COc1ccc(C=Nc2ccc(C(C)=O)cc2)c2ccccc12. The summed E-state index contributed by atoms with van der Waals surface area (Å²) in [7, 11) is 1.67.